The molecular weight excluding hydrogens is 314 g/mol. The molecule has 124 valence electrons. The average molecular weight is 331 g/mol. The van der Waals surface area contributed by atoms with E-state index in [1.165, 1.54) is 0 Å². The molecule has 0 fully saturated rings. The maximum atomic E-state index is 9.30. The van der Waals surface area contributed by atoms with Crippen LogP contribution in [0, 0.1) is 11.8 Å². The van der Waals surface area contributed by atoms with Gasteiger partial charge in [0.05, 0.1) is 5.56 Å². The highest BCUT2D eigenvalue weighted by atomic mass is 16.5. The van der Waals surface area contributed by atoms with E-state index in [0.29, 0.717) is 17.2 Å². The lowest BCUT2D eigenvalue weighted by Crippen LogP contribution is -1.95. The molecule has 0 aliphatic heterocycles. The van der Waals surface area contributed by atoms with E-state index in [-0.39, 0.29) is 0 Å². The first kappa shape index (κ1) is 16.5. The average Bonchev–Trinajstić information content (AvgIpc) is 2.63. The number of rotatable bonds is 4. The van der Waals surface area contributed by atoms with Crippen molar-refractivity contribution in [2.45, 2.75) is 13.0 Å². The summed E-state index contributed by atoms with van der Waals surface area (Å²) in [5.41, 5.74) is 1.53. The summed E-state index contributed by atoms with van der Waals surface area (Å²) >= 11 is 0. The van der Waals surface area contributed by atoms with Crippen LogP contribution in [0.3, 0.4) is 0 Å². The smallest absolute Gasteiger partial charge is 0.235 e. The highest BCUT2D eigenvalue weighted by Gasteiger charge is 2.05. The SMILES string of the molecule is CC(O)C#Cc1cccnc1Oc1ccc(Nc2ccccn2)cc1. The molecule has 1 aromatic carbocycles. The molecule has 2 aromatic heterocycles. The molecule has 0 saturated heterocycles. The molecule has 0 aliphatic carbocycles. The first-order chi connectivity index (χ1) is 12.2. The quantitative estimate of drug-likeness (QED) is 0.713. The molecule has 1 atom stereocenters. The number of nitrogens with one attached hydrogen (secondary N) is 1. The van der Waals surface area contributed by atoms with Crippen molar-refractivity contribution in [1.29, 1.82) is 0 Å². The van der Waals surface area contributed by atoms with E-state index in [1.807, 2.05) is 42.5 Å². The van der Waals surface area contributed by atoms with Gasteiger partial charge >= 0.3 is 0 Å². The van der Waals surface area contributed by atoms with E-state index in [1.54, 1.807) is 31.5 Å². The van der Waals surface area contributed by atoms with Crippen LogP contribution in [-0.4, -0.2) is 21.2 Å². The molecule has 0 amide bonds. The summed E-state index contributed by atoms with van der Waals surface area (Å²) in [4.78, 5) is 8.43. The molecular formula is C20H17N3O2. The zero-order valence-corrected chi connectivity index (χ0v) is 13.7. The Kier molecular flexibility index (Phi) is 5.25. The molecule has 0 radical (unpaired) electrons. The second-order valence-electron chi connectivity index (χ2n) is 5.27. The molecule has 0 aliphatic rings. The molecule has 0 saturated carbocycles. The van der Waals surface area contributed by atoms with Gasteiger partial charge in [0, 0.05) is 18.1 Å². The van der Waals surface area contributed by atoms with Crippen LogP contribution >= 0.6 is 0 Å². The third-order valence-corrected chi connectivity index (χ3v) is 3.19. The molecule has 0 bridgehead atoms. The highest BCUT2D eigenvalue weighted by Crippen LogP contribution is 2.24. The van der Waals surface area contributed by atoms with Crippen LogP contribution in [0.25, 0.3) is 0 Å². The minimum atomic E-state index is -0.704. The van der Waals surface area contributed by atoms with Gasteiger partial charge in [-0.25, -0.2) is 9.97 Å². The van der Waals surface area contributed by atoms with Crippen molar-refractivity contribution in [3.8, 4) is 23.5 Å². The predicted octanol–water partition coefficient (Wildman–Crippen LogP) is 3.74. The van der Waals surface area contributed by atoms with Crippen LogP contribution in [0.1, 0.15) is 12.5 Å². The van der Waals surface area contributed by atoms with Crippen LogP contribution < -0.4 is 10.1 Å². The van der Waals surface area contributed by atoms with Gasteiger partial charge in [0.15, 0.2) is 0 Å². The molecule has 5 nitrogen and oxygen atoms in total. The Bertz CT molecular complexity index is 882. The standard InChI is InChI=1S/C20H17N3O2/c1-15(24)7-8-16-5-4-14-22-20(16)25-18-11-9-17(10-12-18)23-19-6-2-3-13-21-19/h2-6,9-15,24H,1H3,(H,21,23). The van der Waals surface area contributed by atoms with Crippen LogP contribution in [0.5, 0.6) is 11.6 Å². The number of nitrogens with zero attached hydrogens (tertiary/aromatic N) is 2. The van der Waals surface area contributed by atoms with Gasteiger partial charge in [-0.2, -0.15) is 0 Å². The van der Waals surface area contributed by atoms with Gasteiger partial charge in [0.1, 0.15) is 17.7 Å². The summed E-state index contributed by atoms with van der Waals surface area (Å²) in [6.07, 6.45) is 2.67. The summed E-state index contributed by atoms with van der Waals surface area (Å²) in [5.74, 6) is 7.38. The van der Waals surface area contributed by atoms with E-state index in [2.05, 4.69) is 27.1 Å². The number of pyridine rings is 2. The summed E-state index contributed by atoms with van der Waals surface area (Å²) in [5, 5.41) is 12.5. The third-order valence-electron chi connectivity index (χ3n) is 3.19. The number of anilines is 2. The number of hydrogen-bond donors (Lipinski definition) is 2. The Hall–Kier alpha value is -3.36. The molecule has 0 spiro atoms. The molecule has 1 unspecified atom stereocenters. The van der Waals surface area contributed by atoms with Crippen molar-refractivity contribution in [3.05, 3.63) is 72.6 Å². The minimum absolute atomic E-state index is 0.404. The summed E-state index contributed by atoms with van der Waals surface area (Å²) < 4.78 is 5.81. The summed E-state index contributed by atoms with van der Waals surface area (Å²) in [6.45, 7) is 1.61. The van der Waals surface area contributed by atoms with Crippen LogP contribution in [-0.2, 0) is 0 Å². The number of aromatic nitrogens is 2. The van der Waals surface area contributed by atoms with Gasteiger partial charge in [-0.05, 0) is 55.5 Å². The van der Waals surface area contributed by atoms with Crippen LogP contribution in [0.2, 0.25) is 0 Å². The summed E-state index contributed by atoms with van der Waals surface area (Å²) in [7, 11) is 0. The first-order valence-electron chi connectivity index (χ1n) is 7.81. The molecule has 2 N–H and O–H groups in total. The van der Waals surface area contributed by atoms with Crippen molar-refractivity contribution in [2.75, 3.05) is 5.32 Å². The third kappa shape index (κ3) is 4.80. The highest BCUT2D eigenvalue weighted by molar-refractivity contribution is 5.57. The number of benzene rings is 1. The van der Waals surface area contributed by atoms with Gasteiger partial charge < -0.3 is 15.2 Å². The lowest BCUT2D eigenvalue weighted by molar-refractivity contribution is 0.253. The molecule has 3 rings (SSSR count). The summed E-state index contributed by atoms with van der Waals surface area (Å²) in [6, 6.07) is 16.7. The zero-order valence-electron chi connectivity index (χ0n) is 13.7. The number of hydrogen-bond acceptors (Lipinski definition) is 5. The Labute approximate surface area is 146 Å². The van der Waals surface area contributed by atoms with Gasteiger partial charge in [-0.15, -0.1) is 0 Å². The van der Waals surface area contributed by atoms with E-state index in [4.69, 9.17) is 4.74 Å². The minimum Gasteiger partial charge on any atom is -0.438 e. The normalized spacial score (nSPS) is 11.1. The Balaban J connectivity index is 1.73. The second kappa shape index (κ2) is 7.95. The van der Waals surface area contributed by atoms with Crippen LogP contribution in [0.15, 0.2) is 67.0 Å². The number of aliphatic hydroxyl groups excluding tert-OH is 1. The fraction of sp³-hybridized carbons (Fsp3) is 0.100. The van der Waals surface area contributed by atoms with Crippen molar-refractivity contribution < 1.29 is 9.84 Å². The zero-order chi connectivity index (χ0) is 17.5. The second-order valence-corrected chi connectivity index (χ2v) is 5.27. The van der Waals surface area contributed by atoms with E-state index < -0.39 is 6.10 Å². The van der Waals surface area contributed by atoms with E-state index >= 15 is 0 Å². The van der Waals surface area contributed by atoms with Gasteiger partial charge in [0.2, 0.25) is 5.88 Å². The van der Waals surface area contributed by atoms with Crippen molar-refractivity contribution in [3.63, 3.8) is 0 Å². The van der Waals surface area contributed by atoms with Crippen molar-refractivity contribution in [1.82, 2.24) is 9.97 Å². The lowest BCUT2D eigenvalue weighted by atomic mass is 10.2. The molecule has 2 heterocycles. The monoisotopic (exact) mass is 331 g/mol. The van der Waals surface area contributed by atoms with Gasteiger partial charge in [-0.3, -0.25) is 0 Å². The predicted molar refractivity (Wildman–Crippen MR) is 96.8 cm³/mol. The largest absolute Gasteiger partial charge is 0.438 e. The van der Waals surface area contributed by atoms with E-state index in [0.717, 1.165) is 11.5 Å². The van der Waals surface area contributed by atoms with Crippen molar-refractivity contribution >= 4 is 11.5 Å². The lowest BCUT2D eigenvalue weighted by Gasteiger charge is -2.08. The number of aliphatic hydroxyl groups is 1. The maximum Gasteiger partial charge on any atom is 0.235 e. The van der Waals surface area contributed by atoms with E-state index in [9.17, 15) is 5.11 Å². The Morgan fingerprint density at radius 3 is 2.52 bits per heavy atom. The van der Waals surface area contributed by atoms with Gasteiger partial charge in [-0.1, -0.05) is 17.9 Å². The maximum absolute atomic E-state index is 9.30. The molecule has 25 heavy (non-hydrogen) atoms. The Morgan fingerprint density at radius 2 is 1.80 bits per heavy atom. The number of ether oxygens (including phenoxy) is 1. The molecule has 3 aromatic rings. The van der Waals surface area contributed by atoms with Crippen LogP contribution in [0.4, 0.5) is 11.5 Å². The molecule has 5 heteroatoms. The van der Waals surface area contributed by atoms with Gasteiger partial charge in [0.25, 0.3) is 0 Å². The fourth-order valence-corrected chi connectivity index (χ4v) is 2.05. The first-order valence-corrected chi connectivity index (χ1v) is 7.81. The Morgan fingerprint density at radius 1 is 1.00 bits per heavy atom. The van der Waals surface area contributed by atoms with Crippen molar-refractivity contribution in [2.24, 2.45) is 0 Å². The fourth-order valence-electron chi connectivity index (χ4n) is 2.05. The topological polar surface area (TPSA) is 67.3 Å².